The van der Waals surface area contributed by atoms with Crippen molar-refractivity contribution < 1.29 is 34.3 Å². The quantitative estimate of drug-likeness (QED) is 0.755. The van der Waals surface area contributed by atoms with Crippen molar-refractivity contribution in [2.45, 2.75) is 17.8 Å². The highest BCUT2D eigenvalue weighted by Crippen LogP contribution is 2.54. The number of hydrogen-bond donors (Lipinski definition) is 3. The molecule has 2 aliphatic rings. The van der Waals surface area contributed by atoms with Gasteiger partial charge >= 0.3 is 0 Å². The second-order valence-corrected chi connectivity index (χ2v) is 6.91. The number of hydrogen-bond acceptors (Lipinski definition) is 7. The van der Waals surface area contributed by atoms with Gasteiger partial charge in [0, 0.05) is 5.92 Å². The SMILES string of the molecule is COc1cc([C@H]2OC[C@@H]3[C@H](c4ccc(O)c(OC)c4)OC[C@]23O)ccc1O. The van der Waals surface area contributed by atoms with Crippen LogP contribution in [0.15, 0.2) is 36.4 Å². The van der Waals surface area contributed by atoms with Crippen LogP contribution < -0.4 is 9.47 Å². The van der Waals surface area contributed by atoms with Crippen molar-refractivity contribution >= 4 is 0 Å². The van der Waals surface area contributed by atoms with Gasteiger partial charge in [0.25, 0.3) is 0 Å². The molecule has 4 rings (SSSR count). The first kappa shape index (κ1) is 17.9. The number of fused-ring (bicyclic) bond motifs is 1. The maximum absolute atomic E-state index is 11.4. The maximum Gasteiger partial charge on any atom is 0.160 e. The molecule has 0 amide bonds. The predicted octanol–water partition coefficient (Wildman–Crippen LogP) is 2.31. The molecule has 4 atom stereocenters. The molecule has 0 saturated carbocycles. The minimum atomic E-state index is -1.21. The van der Waals surface area contributed by atoms with Crippen LogP contribution in [0.5, 0.6) is 23.0 Å². The molecule has 0 aliphatic carbocycles. The van der Waals surface area contributed by atoms with E-state index in [1.165, 1.54) is 20.3 Å². The van der Waals surface area contributed by atoms with Crippen LogP contribution in [0.3, 0.4) is 0 Å². The number of phenols is 2. The third-order valence-electron chi connectivity index (χ3n) is 5.44. The number of rotatable bonds is 4. The summed E-state index contributed by atoms with van der Waals surface area (Å²) in [6.45, 7) is 0.428. The molecule has 0 radical (unpaired) electrons. The monoisotopic (exact) mass is 374 g/mol. The zero-order chi connectivity index (χ0) is 19.2. The highest BCUT2D eigenvalue weighted by molar-refractivity contribution is 5.45. The van der Waals surface area contributed by atoms with Gasteiger partial charge in [0.05, 0.1) is 33.5 Å². The zero-order valence-corrected chi connectivity index (χ0v) is 15.1. The van der Waals surface area contributed by atoms with Gasteiger partial charge in [-0.25, -0.2) is 0 Å². The Hall–Kier alpha value is -2.48. The van der Waals surface area contributed by atoms with Crippen molar-refractivity contribution in [3.8, 4) is 23.0 Å². The van der Waals surface area contributed by atoms with Crippen molar-refractivity contribution in [2.24, 2.45) is 5.92 Å². The number of benzene rings is 2. The van der Waals surface area contributed by atoms with Crippen LogP contribution in [0.2, 0.25) is 0 Å². The lowest BCUT2D eigenvalue weighted by atomic mass is 9.81. The molecule has 2 aromatic rings. The van der Waals surface area contributed by atoms with Crippen molar-refractivity contribution in [1.82, 2.24) is 0 Å². The second-order valence-electron chi connectivity index (χ2n) is 6.91. The van der Waals surface area contributed by atoms with E-state index in [0.29, 0.717) is 23.7 Å². The van der Waals surface area contributed by atoms with Crippen molar-refractivity contribution in [3.63, 3.8) is 0 Å². The van der Waals surface area contributed by atoms with Gasteiger partial charge in [-0.3, -0.25) is 0 Å². The molecule has 2 saturated heterocycles. The number of aromatic hydroxyl groups is 2. The summed E-state index contributed by atoms with van der Waals surface area (Å²) in [6.07, 6.45) is -0.977. The van der Waals surface area contributed by atoms with E-state index >= 15 is 0 Å². The van der Waals surface area contributed by atoms with Crippen LogP contribution in [0.4, 0.5) is 0 Å². The highest BCUT2D eigenvalue weighted by Gasteiger charge is 2.59. The van der Waals surface area contributed by atoms with Crippen LogP contribution in [0.1, 0.15) is 23.3 Å². The lowest BCUT2D eigenvalue weighted by molar-refractivity contribution is -0.0628. The molecule has 2 heterocycles. The van der Waals surface area contributed by atoms with Crippen molar-refractivity contribution in [3.05, 3.63) is 47.5 Å². The van der Waals surface area contributed by atoms with Crippen molar-refractivity contribution in [2.75, 3.05) is 27.4 Å². The number of methoxy groups -OCH3 is 2. The molecule has 3 N–H and O–H groups in total. The van der Waals surface area contributed by atoms with Crippen LogP contribution >= 0.6 is 0 Å². The highest BCUT2D eigenvalue weighted by atomic mass is 16.6. The number of aliphatic hydroxyl groups is 1. The van der Waals surface area contributed by atoms with Gasteiger partial charge in [-0.05, 0) is 35.4 Å². The van der Waals surface area contributed by atoms with E-state index in [4.69, 9.17) is 18.9 Å². The fourth-order valence-electron chi connectivity index (χ4n) is 4.00. The molecule has 144 valence electrons. The largest absolute Gasteiger partial charge is 0.504 e. The van der Waals surface area contributed by atoms with Gasteiger partial charge in [-0.1, -0.05) is 12.1 Å². The zero-order valence-electron chi connectivity index (χ0n) is 15.1. The summed E-state index contributed by atoms with van der Waals surface area (Å²) >= 11 is 0. The summed E-state index contributed by atoms with van der Waals surface area (Å²) in [6, 6.07) is 9.91. The summed E-state index contributed by atoms with van der Waals surface area (Å²) in [5.74, 6) is 0.467. The minimum absolute atomic E-state index is 0.0273. The van der Waals surface area contributed by atoms with Crippen LogP contribution in [-0.2, 0) is 9.47 Å². The average molecular weight is 374 g/mol. The Morgan fingerprint density at radius 3 is 2.15 bits per heavy atom. The van der Waals surface area contributed by atoms with Gasteiger partial charge in [0.1, 0.15) is 11.7 Å². The Balaban J connectivity index is 1.64. The maximum atomic E-state index is 11.4. The minimum Gasteiger partial charge on any atom is -0.504 e. The van der Waals surface area contributed by atoms with Gasteiger partial charge in [-0.15, -0.1) is 0 Å². The molecule has 0 bridgehead atoms. The predicted molar refractivity (Wildman–Crippen MR) is 95.1 cm³/mol. The van der Waals surface area contributed by atoms with E-state index < -0.39 is 11.7 Å². The summed E-state index contributed by atoms with van der Waals surface area (Å²) in [7, 11) is 2.95. The third-order valence-corrected chi connectivity index (χ3v) is 5.44. The first-order valence-corrected chi connectivity index (χ1v) is 8.67. The van der Waals surface area contributed by atoms with E-state index in [-0.39, 0.29) is 30.1 Å². The lowest BCUT2D eigenvalue weighted by Crippen LogP contribution is -2.39. The lowest BCUT2D eigenvalue weighted by Gasteiger charge is -2.27. The van der Waals surface area contributed by atoms with E-state index in [1.54, 1.807) is 30.3 Å². The molecule has 0 unspecified atom stereocenters. The van der Waals surface area contributed by atoms with E-state index in [1.807, 2.05) is 0 Å². The van der Waals surface area contributed by atoms with E-state index in [2.05, 4.69) is 0 Å². The van der Waals surface area contributed by atoms with E-state index in [0.717, 1.165) is 5.56 Å². The first-order chi connectivity index (χ1) is 13.0. The molecule has 2 fully saturated rings. The van der Waals surface area contributed by atoms with Gasteiger partial charge in [0.2, 0.25) is 0 Å². The number of phenolic OH excluding ortho intramolecular Hbond substituents is 2. The van der Waals surface area contributed by atoms with Gasteiger partial charge in [0.15, 0.2) is 23.0 Å². The van der Waals surface area contributed by atoms with Gasteiger partial charge < -0.3 is 34.3 Å². The standard InChI is InChI=1S/C20H22O7/c1-24-16-7-11(3-5-14(16)21)18-13-9-26-19(20(13,23)10-27-18)12-4-6-15(22)17(8-12)25-2/h3-8,13,18-19,21-23H,9-10H2,1-2H3/t13-,18+,19-,20-/m1/s1. The Bertz CT molecular complexity index is 852. The molecule has 2 aliphatic heterocycles. The summed E-state index contributed by atoms with van der Waals surface area (Å²) in [5.41, 5.74) is 0.304. The van der Waals surface area contributed by atoms with Gasteiger partial charge in [-0.2, -0.15) is 0 Å². The first-order valence-electron chi connectivity index (χ1n) is 8.67. The third kappa shape index (κ3) is 2.79. The summed E-state index contributed by atoms with van der Waals surface area (Å²) in [5, 5.41) is 31.0. The molecule has 7 nitrogen and oxygen atoms in total. The molecule has 0 aromatic heterocycles. The molecular formula is C20H22O7. The topological polar surface area (TPSA) is 97.6 Å². The van der Waals surface area contributed by atoms with Crippen LogP contribution in [-0.4, -0.2) is 48.4 Å². The Morgan fingerprint density at radius 2 is 1.52 bits per heavy atom. The Morgan fingerprint density at radius 1 is 0.926 bits per heavy atom. The normalized spacial score (nSPS) is 29.5. The summed E-state index contributed by atoms with van der Waals surface area (Å²) < 4.78 is 22.2. The summed E-state index contributed by atoms with van der Waals surface area (Å²) in [4.78, 5) is 0. The molecular weight excluding hydrogens is 352 g/mol. The average Bonchev–Trinajstić information content (AvgIpc) is 3.17. The Labute approximate surface area is 156 Å². The van der Waals surface area contributed by atoms with Crippen molar-refractivity contribution in [1.29, 1.82) is 0 Å². The van der Waals surface area contributed by atoms with Crippen LogP contribution in [0, 0.1) is 5.92 Å². The molecule has 27 heavy (non-hydrogen) atoms. The molecule has 2 aromatic carbocycles. The Kier molecular flexibility index (Phi) is 4.38. The van der Waals surface area contributed by atoms with Crippen LogP contribution in [0.25, 0.3) is 0 Å². The molecule has 7 heteroatoms. The molecule has 0 spiro atoms. The second kappa shape index (κ2) is 6.60. The fourth-order valence-corrected chi connectivity index (χ4v) is 4.00. The smallest absolute Gasteiger partial charge is 0.160 e. The number of ether oxygens (including phenoxy) is 4. The fraction of sp³-hybridized carbons (Fsp3) is 0.400. The van der Waals surface area contributed by atoms with E-state index in [9.17, 15) is 15.3 Å².